The number of likely N-dealkylation sites (tertiary alicyclic amines) is 1. The lowest BCUT2D eigenvalue weighted by atomic mass is 9.80. The van der Waals surface area contributed by atoms with E-state index in [4.69, 9.17) is 0 Å². The Kier molecular flexibility index (Phi) is 3.60. The predicted molar refractivity (Wildman–Crippen MR) is 69.6 cm³/mol. The first-order valence-electron chi connectivity index (χ1n) is 6.97. The molecule has 94 valence electrons. The molecule has 2 nitrogen and oxygen atoms in total. The molecule has 2 heteroatoms. The third-order valence-electron chi connectivity index (χ3n) is 4.74. The minimum absolute atomic E-state index is 0.489. The molecule has 0 amide bonds. The molecule has 1 N–H and O–H groups in total. The second kappa shape index (κ2) is 4.66. The van der Waals surface area contributed by atoms with E-state index in [-0.39, 0.29) is 0 Å². The van der Waals surface area contributed by atoms with Crippen LogP contribution in [0.5, 0.6) is 0 Å². The standard InChI is InChI=1S/C14H28N2/c1-5-11-8-15-9-13(11)16-7-6-12(10-16)14(2,3)4/h11-13,15H,5-10H2,1-4H3. The number of nitrogens with zero attached hydrogens (tertiary/aromatic N) is 1. The van der Waals surface area contributed by atoms with Crippen LogP contribution in [0.3, 0.4) is 0 Å². The first kappa shape index (κ1) is 12.4. The van der Waals surface area contributed by atoms with E-state index in [9.17, 15) is 0 Å². The van der Waals surface area contributed by atoms with Crippen LogP contribution in [0.15, 0.2) is 0 Å². The lowest BCUT2D eigenvalue weighted by molar-refractivity contribution is 0.175. The van der Waals surface area contributed by atoms with E-state index in [0.29, 0.717) is 5.41 Å². The van der Waals surface area contributed by atoms with Gasteiger partial charge in [-0.05, 0) is 36.8 Å². The van der Waals surface area contributed by atoms with E-state index in [1.165, 1.54) is 39.0 Å². The van der Waals surface area contributed by atoms with Crippen molar-refractivity contribution in [2.75, 3.05) is 26.2 Å². The highest BCUT2D eigenvalue weighted by Crippen LogP contribution is 2.35. The minimum Gasteiger partial charge on any atom is -0.315 e. The van der Waals surface area contributed by atoms with E-state index in [0.717, 1.165) is 17.9 Å². The zero-order valence-electron chi connectivity index (χ0n) is 11.4. The summed E-state index contributed by atoms with van der Waals surface area (Å²) >= 11 is 0. The van der Waals surface area contributed by atoms with Gasteiger partial charge in [0.2, 0.25) is 0 Å². The third-order valence-corrected chi connectivity index (χ3v) is 4.74. The number of rotatable bonds is 2. The monoisotopic (exact) mass is 224 g/mol. The molecule has 2 aliphatic rings. The molecule has 0 aliphatic carbocycles. The topological polar surface area (TPSA) is 15.3 Å². The Morgan fingerprint density at radius 2 is 2.00 bits per heavy atom. The van der Waals surface area contributed by atoms with Crippen LogP contribution in [0.2, 0.25) is 0 Å². The predicted octanol–water partition coefficient (Wildman–Crippen LogP) is 2.35. The van der Waals surface area contributed by atoms with Crippen LogP contribution in [-0.2, 0) is 0 Å². The summed E-state index contributed by atoms with van der Waals surface area (Å²) in [5, 5.41) is 3.56. The van der Waals surface area contributed by atoms with Gasteiger partial charge in [0.25, 0.3) is 0 Å². The van der Waals surface area contributed by atoms with Gasteiger partial charge in [-0.2, -0.15) is 0 Å². The molecule has 0 aromatic rings. The van der Waals surface area contributed by atoms with Crippen LogP contribution in [0, 0.1) is 17.3 Å². The molecule has 2 rings (SSSR count). The molecular weight excluding hydrogens is 196 g/mol. The average molecular weight is 224 g/mol. The van der Waals surface area contributed by atoms with Crippen molar-refractivity contribution in [1.82, 2.24) is 10.2 Å². The summed E-state index contributed by atoms with van der Waals surface area (Å²) in [6.07, 6.45) is 2.73. The lowest BCUT2D eigenvalue weighted by Crippen LogP contribution is -2.40. The van der Waals surface area contributed by atoms with Crippen molar-refractivity contribution >= 4 is 0 Å². The number of hydrogen-bond donors (Lipinski definition) is 1. The van der Waals surface area contributed by atoms with Gasteiger partial charge in [0.1, 0.15) is 0 Å². The maximum absolute atomic E-state index is 3.56. The van der Waals surface area contributed by atoms with E-state index >= 15 is 0 Å². The van der Waals surface area contributed by atoms with Gasteiger partial charge < -0.3 is 5.32 Å². The van der Waals surface area contributed by atoms with Crippen molar-refractivity contribution in [3.8, 4) is 0 Å². The molecule has 3 unspecified atom stereocenters. The largest absolute Gasteiger partial charge is 0.315 e. The van der Waals surface area contributed by atoms with Gasteiger partial charge in [0.05, 0.1) is 0 Å². The van der Waals surface area contributed by atoms with Gasteiger partial charge in [0.15, 0.2) is 0 Å². The SMILES string of the molecule is CCC1CNCC1N1CCC(C(C)(C)C)C1. The van der Waals surface area contributed by atoms with Crippen molar-refractivity contribution in [2.45, 2.75) is 46.6 Å². The Balaban J connectivity index is 1.93. The second-order valence-electron chi connectivity index (χ2n) is 6.74. The Bertz CT molecular complexity index is 231. The highest BCUT2D eigenvalue weighted by Gasteiger charge is 2.38. The van der Waals surface area contributed by atoms with Crippen molar-refractivity contribution in [2.24, 2.45) is 17.3 Å². The van der Waals surface area contributed by atoms with Crippen LogP contribution in [-0.4, -0.2) is 37.1 Å². The Hall–Kier alpha value is -0.0800. The fourth-order valence-corrected chi connectivity index (χ4v) is 3.36. The molecule has 0 aromatic heterocycles. The molecule has 0 radical (unpaired) electrons. The minimum atomic E-state index is 0.489. The maximum Gasteiger partial charge on any atom is 0.0260 e. The molecule has 16 heavy (non-hydrogen) atoms. The van der Waals surface area contributed by atoms with Crippen LogP contribution in [0.4, 0.5) is 0 Å². The lowest BCUT2D eigenvalue weighted by Gasteiger charge is -2.31. The van der Waals surface area contributed by atoms with Gasteiger partial charge in [-0.1, -0.05) is 34.1 Å². The van der Waals surface area contributed by atoms with Gasteiger partial charge in [0, 0.05) is 19.1 Å². The normalized spacial score (nSPS) is 37.1. The van der Waals surface area contributed by atoms with E-state index in [2.05, 4.69) is 37.9 Å². The molecule has 0 bridgehead atoms. The van der Waals surface area contributed by atoms with E-state index in [1.807, 2.05) is 0 Å². The summed E-state index contributed by atoms with van der Waals surface area (Å²) in [6.45, 7) is 14.6. The summed E-state index contributed by atoms with van der Waals surface area (Å²) in [5.74, 6) is 1.78. The molecule has 0 spiro atoms. The highest BCUT2D eigenvalue weighted by atomic mass is 15.2. The van der Waals surface area contributed by atoms with Gasteiger partial charge in [-0.25, -0.2) is 0 Å². The summed E-state index contributed by atoms with van der Waals surface area (Å²) < 4.78 is 0. The summed E-state index contributed by atoms with van der Waals surface area (Å²) in [5.41, 5.74) is 0.489. The molecule has 3 atom stereocenters. The highest BCUT2D eigenvalue weighted by molar-refractivity contribution is 4.93. The first-order chi connectivity index (χ1) is 7.52. The molecule has 0 saturated carbocycles. The van der Waals surface area contributed by atoms with Crippen LogP contribution >= 0.6 is 0 Å². The number of hydrogen-bond acceptors (Lipinski definition) is 2. The van der Waals surface area contributed by atoms with Gasteiger partial charge >= 0.3 is 0 Å². The zero-order chi connectivity index (χ0) is 11.8. The van der Waals surface area contributed by atoms with Crippen LogP contribution in [0.25, 0.3) is 0 Å². The fraction of sp³-hybridized carbons (Fsp3) is 1.00. The molecule has 2 saturated heterocycles. The molecule has 2 aliphatic heterocycles. The molecule has 2 heterocycles. The van der Waals surface area contributed by atoms with Crippen molar-refractivity contribution in [3.05, 3.63) is 0 Å². The fourth-order valence-electron chi connectivity index (χ4n) is 3.36. The zero-order valence-corrected chi connectivity index (χ0v) is 11.4. The van der Waals surface area contributed by atoms with Gasteiger partial charge in [-0.3, -0.25) is 4.90 Å². The van der Waals surface area contributed by atoms with Crippen molar-refractivity contribution in [3.63, 3.8) is 0 Å². The van der Waals surface area contributed by atoms with Crippen molar-refractivity contribution in [1.29, 1.82) is 0 Å². The quantitative estimate of drug-likeness (QED) is 0.774. The third kappa shape index (κ3) is 2.43. The molecule has 2 fully saturated rings. The summed E-state index contributed by atoms with van der Waals surface area (Å²) in [6, 6.07) is 0.817. The Morgan fingerprint density at radius 3 is 2.56 bits per heavy atom. The second-order valence-corrected chi connectivity index (χ2v) is 6.74. The van der Waals surface area contributed by atoms with Crippen LogP contribution in [0.1, 0.15) is 40.5 Å². The Labute approximate surface area is 101 Å². The Morgan fingerprint density at radius 1 is 1.25 bits per heavy atom. The first-order valence-corrected chi connectivity index (χ1v) is 6.97. The van der Waals surface area contributed by atoms with E-state index < -0.39 is 0 Å². The molecule has 0 aromatic carbocycles. The average Bonchev–Trinajstić information content (AvgIpc) is 2.84. The van der Waals surface area contributed by atoms with Crippen molar-refractivity contribution < 1.29 is 0 Å². The maximum atomic E-state index is 3.56. The van der Waals surface area contributed by atoms with Gasteiger partial charge in [-0.15, -0.1) is 0 Å². The van der Waals surface area contributed by atoms with Crippen LogP contribution < -0.4 is 5.32 Å². The smallest absolute Gasteiger partial charge is 0.0260 e. The summed E-state index contributed by atoms with van der Waals surface area (Å²) in [4.78, 5) is 2.75. The summed E-state index contributed by atoms with van der Waals surface area (Å²) in [7, 11) is 0. The molecular formula is C14H28N2. The van der Waals surface area contributed by atoms with E-state index in [1.54, 1.807) is 0 Å². The number of nitrogens with one attached hydrogen (secondary N) is 1.